The molecule has 0 heterocycles. The molecule has 0 saturated heterocycles. The molecule has 100 valence electrons. The molecule has 5 heteroatoms. The van der Waals surface area contributed by atoms with Gasteiger partial charge in [-0.15, -0.1) is 13.2 Å². The van der Waals surface area contributed by atoms with Crippen molar-refractivity contribution in [1.82, 2.24) is 0 Å². The Labute approximate surface area is 112 Å². The Morgan fingerprint density at radius 1 is 1.37 bits per heavy atom. The van der Waals surface area contributed by atoms with Crippen LogP contribution in [0.5, 0.6) is 0 Å². The molecule has 0 saturated carbocycles. The van der Waals surface area contributed by atoms with E-state index >= 15 is 0 Å². The van der Waals surface area contributed by atoms with E-state index in [0.29, 0.717) is 24.3 Å². The lowest BCUT2D eigenvalue weighted by molar-refractivity contribution is -0.384. The number of carbonyl (C=O) groups excluding carboxylic acids is 1. The molecule has 0 spiro atoms. The number of nitrogens with zero attached hydrogens (tertiary/aromatic N) is 2. The number of benzene rings is 1. The van der Waals surface area contributed by atoms with Crippen LogP contribution in [0.1, 0.15) is 17.3 Å². The molecule has 1 aromatic carbocycles. The lowest BCUT2D eigenvalue weighted by Crippen LogP contribution is -2.25. The van der Waals surface area contributed by atoms with Gasteiger partial charge >= 0.3 is 0 Å². The van der Waals surface area contributed by atoms with Gasteiger partial charge in [-0.25, -0.2) is 0 Å². The average Bonchev–Trinajstić information content (AvgIpc) is 2.37. The zero-order valence-corrected chi connectivity index (χ0v) is 10.8. The number of hydrogen-bond acceptors (Lipinski definition) is 4. The van der Waals surface area contributed by atoms with Crippen molar-refractivity contribution in [3.8, 4) is 0 Å². The summed E-state index contributed by atoms with van der Waals surface area (Å²) in [6, 6.07) is 4.28. The zero-order chi connectivity index (χ0) is 14.4. The second-order valence-electron chi connectivity index (χ2n) is 4.00. The highest BCUT2D eigenvalue weighted by molar-refractivity contribution is 6.00. The lowest BCUT2D eigenvalue weighted by Gasteiger charge is -2.23. The molecule has 1 rings (SSSR count). The van der Waals surface area contributed by atoms with Crippen LogP contribution in [0.15, 0.2) is 43.5 Å². The van der Waals surface area contributed by atoms with Gasteiger partial charge in [0.15, 0.2) is 5.78 Å². The van der Waals surface area contributed by atoms with Crippen LogP contribution in [0, 0.1) is 10.1 Å². The lowest BCUT2D eigenvalue weighted by atomic mass is 10.1. The van der Waals surface area contributed by atoms with Crippen LogP contribution < -0.4 is 4.90 Å². The van der Waals surface area contributed by atoms with Crippen LogP contribution >= 0.6 is 0 Å². The van der Waals surface area contributed by atoms with Gasteiger partial charge in [-0.3, -0.25) is 14.9 Å². The minimum absolute atomic E-state index is 0.0916. The molecule has 0 aliphatic rings. The van der Waals surface area contributed by atoms with E-state index in [4.69, 9.17) is 0 Å². The fourth-order valence-corrected chi connectivity index (χ4v) is 1.78. The summed E-state index contributed by atoms with van der Waals surface area (Å²) < 4.78 is 0. The summed E-state index contributed by atoms with van der Waals surface area (Å²) in [5.41, 5.74) is 0.891. The first kappa shape index (κ1) is 14.6. The summed E-state index contributed by atoms with van der Waals surface area (Å²) in [6.07, 6.45) is 3.41. The number of rotatable bonds is 7. The van der Waals surface area contributed by atoms with Crippen molar-refractivity contribution < 1.29 is 9.72 Å². The Hall–Kier alpha value is -2.43. The third-order valence-electron chi connectivity index (χ3n) is 2.61. The maximum atomic E-state index is 11.7. The highest BCUT2D eigenvalue weighted by Crippen LogP contribution is 2.26. The first-order valence-electron chi connectivity index (χ1n) is 5.77. The van der Waals surface area contributed by atoms with Gasteiger partial charge in [-0.2, -0.15) is 0 Å². The Balaban J connectivity index is 3.31. The maximum absolute atomic E-state index is 11.7. The van der Waals surface area contributed by atoms with Crippen LogP contribution in [-0.2, 0) is 0 Å². The molecule has 0 bridgehead atoms. The molecular weight excluding hydrogens is 244 g/mol. The van der Waals surface area contributed by atoms with E-state index in [1.54, 1.807) is 18.2 Å². The summed E-state index contributed by atoms with van der Waals surface area (Å²) in [6.45, 7) is 9.77. The van der Waals surface area contributed by atoms with Gasteiger partial charge < -0.3 is 4.90 Å². The number of hydrogen-bond donors (Lipinski definition) is 0. The zero-order valence-electron chi connectivity index (χ0n) is 10.8. The largest absolute Gasteiger partial charge is 0.364 e. The van der Waals surface area contributed by atoms with Gasteiger partial charge in [0.1, 0.15) is 0 Å². The van der Waals surface area contributed by atoms with Crippen molar-refractivity contribution in [1.29, 1.82) is 0 Å². The van der Waals surface area contributed by atoms with Gasteiger partial charge in [-0.1, -0.05) is 12.2 Å². The monoisotopic (exact) mass is 260 g/mol. The Kier molecular flexibility index (Phi) is 5.00. The van der Waals surface area contributed by atoms with Crippen LogP contribution in [0.4, 0.5) is 11.4 Å². The number of Topliss-reactive ketones (excluding diaryl/α,β-unsaturated/α-hetero) is 1. The Morgan fingerprint density at radius 3 is 2.37 bits per heavy atom. The molecule has 19 heavy (non-hydrogen) atoms. The van der Waals surface area contributed by atoms with E-state index in [2.05, 4.69) is 13.2 Å². The van der Waals surface area contributed by atoms with Crippen molar-refractivity contribution in [2.24, 2.45) is 0 Å². The molecule has 0 unspecified atom stereocenters. The standard InChI is InChI=1S/C14H16N2O3/c1-4-8-15(9-5-2)14-7-6-12(16(18)19)10-13(14)11(3)17/h4-7,10H,1-2,8-9H2,3H3. The van der Waals surface area contributed by atoms with Crippen LogP contribution in [0.3, 0.4) is 0 Å². The number of nitro groups is 1. The summed E-state index contributed by atoms with van der Waals surface area (Å²) in [7, 11) is 0. The number of ketones is 1. The van der Waals surface area contributed by atoms with Crippen molar-refractivity contribution in [2.45, 2.75) is 6.92 Å². The molecule has 0 aliphatic heterocycles. The van der Waals surface area contributed by atoms with Crippen LogP contribution in [0.25, 0.3) is 0 Å². The predicted molar refractivity (Wildman–Crippen MR) is 75.7 cm³/mol. The summed E-state index contributed by atoms with van der Waals surface area (Å²) in [5, 5.41) is 10.8. The quantitative estimate of drug-likeness (QED) is 0.327. The SMILES string of the molecule is C=CCN(CC=C)c1ccc([N+](=O)[O-])cc1C(C)=O. The van der Waals surface area contributed by atoms with E-state index in [9.17, 15) is 14.9 Å². The van der Waals surface area contributed by atoms with Crippen LogP contribution in [-0.4, -0.2) is 23.8 Å². The van der Waals surface area contributed by atoms with Crippen molar-refractivity contribution in [2.75, 3.05) is 18.0 Å². The van der Waals surface area contributed by atoms with Gasteiger partial charge in [0.05, 0.1) is 4.92 Å². The first-order chi connectivity index (χ1) is 9.01. The van der Waals surface area contributed by atoms with Crippen molar-refractivity contribution in [3.05, 3.63) is 59.2 Å². The Morgan fingerprint density at radius 2 is 1.95 bits per heavy atom. The van der Waals surface area contributed by atoms with Crippen LogP contribution in [0.2, 0.25) is 0 Å². The van der Waals surface area contributed by atoms with Crippen molar-refractivity contribution in [3.63, 3.8) is 0 Å². The molecule has 0 N–H and O–H groups in total. The van der Waals surface area contributed by atoms with Gasteiger partial charge in [0, 0.05) is 36.5 Å². The molecule has 0 atom stereocenters. The van der Waals surface area contributed by atoms with Gasteiger partial charge in [-0.05, 0) is 13.0 Å². The maximum Gasteiger partial charge on any atom is 0.270 e. The van der Waals surface area contributed by atoms with Gasteiger partial charge in [0.25, 0.3) is 5.69 Å². The van der Waals surface area contributed by atoms with E-state index < -0.39 is 4.92 Å². The average molecular weight is 260 g/mol. The van der Waals surface area contributed by atoms with E-state index in [-0.39, 0.29) is 11.5 Å². The fraction of sp³-hybridized carbons (Fsp3) is 0.214. The highest BCUT2D eigenvalue weighted by Gasteiger charge is 2.17. The molecule has 0 amide bonds. The second-order valence-corrected chi connectivity index (χ2v) is 4.00. The smallest absolute Gasteiger partial charge is 0.270 e. The molecular formula is C14H16N2O3. The molecule has 0 fully saturated rings. The topological polar surface area (TPSA) is 63.4 Å². The summed E-state index contributed by atoms with van der Waals surface area (Å²) in [5.74, 6) is -0.211. The number of anilines is 1. The van der Waals surface area contributed by atoms with Crippen molar-refractivity contribution >= 4 is 17.2 Å². The van der Waals surface area contributed by atoms with E-state index in [1.165, 1.54) is 19.1 Å². The molecule has 1 aromatic rings. The minimum atomic E-state index is -0.512. The van der Waals surface area contributed by atoms with E-state index in [0.717, 1.165) is 0 Å². The summed E-state index contributed by atoms with van der Waals surface area (Å²) >= 11 is 0. The summed E-state index contributed by atoms with van der Waals surface area (Å²) in [4.78, 5) is 23.8. The fourth-order valence-electron chi connectivity index (χ4n) is 1.78. The Bertz CT molecular complexity index is 513. The number of non-ortho nitro benzene ring substituents is 1. The molecule has 0 radical (unpaired) electrons. The normalized spacial score (nSPS) is 9.74. The van der Waals surface area contributed by atoms with Gasteiger partial charge in [0.2, 0.25) is 0 Å². The third-order valence-corrected chi connectivity index (χ3v) is 2.61. The van der Waals surface area contributed by atoms with E-state index in [1.807, 2.05) is 4.90 Å². The predicted octanol–water partition coefficient (Wildman–Crippen LogP) is 2.98. The molecule has 5 nitrogen and oxygen atoms in total. The minimum Gasteiger partial charge on any atom is -0.364 e. The molecule has 0 aliphatic carbocycles. The second kappa shape index (κ2) is 6.49. The first-order valence-corrected chi connectivity index (χ1v) is 5.77. The number of nitro benzene ring substituents is 1. The molecule has 0 aromatic heterocycles. The highest BCUT2D eigenvalue weighted by atomic mass is 16.6. The number of carbonyl (C=O) groups is 1. The third kappa shape index (κ3) is 3.51.